The molecule has 1 fully saturated rings. The lowest BCUT2D eigenvalue weighted by molar-refractivity contribution is 0.0264. The SMILES string of the molecule is CCOC1CCN(C(=NC)NCCCN(C)S(=O)(=O)CC)CC1. The van der Waals surface area contributed by atoms with Crippen molar-refractivity contribution < 1.29 is 13.2 Å². The third-order valence-electron chi connectivity index (χ3n) is 4.13. The number of aliphatic imine (C=N–C) groups is 1. The van der Waals surface area contributed by atoms with E-state index in [4.69, 9.17) is 4.74 Å². The summed E-state index contributed by atoms with van der Waals surface area (Å²) in [7, 11) is 0.328. The van der Waals surface area contributed by atoms with Gasteiger partial charge < -0.3 is 15.0 Å². The first kappa shape index (κ1) is 20.2. The second-order valence-corrected chi connectivity index (χ2v) is 8.06. The lowest BCUT2D eigenvalue weighted by atomic mass is 10.1. The highest BCUT2D eigenvalue weighted by atomic mass is 32.2. The molecule has 1 aliphatic rings. The van der Waals surface area contributed by atoms with Crippen LogP contribution in [0.4, 0.5) is 0 Å². The van der Waals surface area contributed by atoms with Gasteiger partial charge in [-0.3, -0.25) is 4.99 Å². The predicted octanol–water partition coefficient (Wildman–Crippen LogP) is 0.734. The van der Waals surface area contributed by atoms with Crippen molar-refractivity contribution in [3.8, 4) is 0 Å². The van der Waals surface area contributed by atoms with Crippen LogP contribution in [0.15, 0.2) is 4.99 Å². The Hall–Kier alpha value is -0.860. The first-order valence-corrected chi connectivity index (χ1v) is 10.1. The van der Waals surface area contributed by atoms with Gasteiger partial charge in [0.1, 0.15) is 0 Å². The van der Waals surface area contributed by atoms with Crippen molar-refractivity contribution in [2.45, 2.75) is 39.2 Å². The molecule has 1 rings (SSSR count). The zero-order chi connectivity index (χ0) is 17.3. The molecule has 136 valence electrons. The van der Waals surface area contributed by atoms with E-state index in [9.17, 15) is 8.42 Å². The minimum absolute atomic E-state index is 0.146. The van der Waals surface area contributed by atoms with E-state index >= 15 is 0 Å². The Kier molecular flexibility index (Phi) is 8.86. The molecule has 0 atom stereocenters. The second kappa shape index (κ2) is 10.1. The zero-order valence-corrected chi connectivity index (χ0v) is 15.7. The van der Waals surface area contributed by atoms with E-state index in [1.165, 1.54) is 4.31 Å². The van der Waals surface area contributed by atoms with Crippen LogP contribution in [0, 0.1) is 0 Å². The van der Waals surface area contributed by atoms with Gasteiger partial charge in [-0.2, -0.15) is 0 Å². The Labute approximate surface area is 141 Å². The smallest absolute Gasteiger partial charge is 0.213 e. The van der Waals surface area contributed by atoms with Crippen LogP contribution in [-0.4, -0.2) is 82.3 Å². The molecule has 7 nitrogen and oxygen atoms in total. The van der Waals surface area contributed by atoms with Gasteiger partial charge >= 0.3 is 0 Å². The van der Waals surface area contributed by atoms with E-state index in [1.807, 2.05) is 6.92 Å². The van der Waals surface area contributed by atoms with Crippen LogP contribution >= 0.6 is 0 Å². The molecule has 23 heavy (non-hydrogen) atoms. The molecule has 0 aliphatic carbocycles. The molecule has 0 aromatic carbocycles. The number of piperidine rings is 1. The normalized spacial score (nSPS) is 17.8. The van der Waals surface area contributed by atoms with Gasteiger partial charge in [-0.25, -0.2) is 12.7 Å². The maximum absolute atomic E-state index is 11.7. The van der Waals surface area contributed by atoms with Crippen molar-refractivity contribution >= 4 is 16.0 Å². The lowest BCUT2D eigenvalue weighted by Crippen LogP contribution is -2.47. The molecule has 0 amide bonds. The topological polar surface area (TPSA) is 74.2 Å². The number of ether oxygens (including phenoxy) is 1. The fraction of sp³-hybridized carbons (Fsp3) is 0.933. The predicted molar refractivity (Wildman–Crippen MR) is 94.3 cm³/mol. The fourth-order valence-electron chi connectivity index (χ4n) is 2.66. The van der Waals surface area contributed by atoms with E-state index in [2.05, 4.69) is 15.2 Å². The molecule has 0 spiro atoms. The summed E-state index contributed by atoms with van der Waals surface area (Å²) in [5.41, 5.74) is 0. The average molecular weight is 349 g/mol. The van der Waals surface area contributed by atoms with Crippen LogP contribution in [0.3, 0.4) is 0 Å². The van der Waals surface area contributed by atoms with Crippen LogP contribution in [0.5, 0.6) is 0 Å². The number of guanidine groups is 1. The first-order valence-electron chi connectivity index (χ1n) is 8.45. The number of hydrogen-bond donors (Lipinski definition) is 1. The summed E-state index contributed by atoms with van der Waals surface area (Å²) in [6, 6.07) is 0. The summed E-state index contributed by atoms with van der Waals surface area (Å²) in [6.45, 7) is 7.57. The minimum atomic E-state index is -3.09. The molecule has 0 unspecified atom stereocenters. The summed E-state index contributed by atoms with van der Waals surface area (Å²) in [5, 5.41) is 3.32. The molecule has 1 saturated heterocycles. The highest BCUT2D eigenvalue weighted by molar-refractivity contribution is 7.89. The van der Waals surface area contributed by atoms with Gasteiger partial charge in [-0.05, 0) is 33.1 Å². The number of likely N-dealkylation sites (tertiary alicyclic amines) is 1. The monoisotopic (exact) mass is 348 g/mol. The molecular weight excluding hydrogens is 316 g/mol. The molecular formula is C15H32N4O3S. The van der Waals surface area contributed by atoms with E-state index in [1.54, 1.807) is 21.0 Å². The lowest BCUT2D eigenvalue weighted by Gasteiger charge is -2.34. The number of rotatable bonds is 8. The van der Waals surface area contributed by atoms with Crippen molar-refractivity contribution in [2.75, 3.05) is 52.6 Å². The Morgan fingerprint density at radius 3 is 2.52 bits per heavy atom. The van der Waals surface area contributed by atoms with Crippen molar-refractivity contribution in [1.29, 1.82) is 0 Å². The van der Waals surface area contributed by atoms with Crippen LogP contribution in [0.25, 0.3) is 0 Å². The number of sulfonamides is 1. The van der Waals surface area contributed by atoms with Crippen molar-refractivity contribution in [2.24, 2.45) is 4.99 Å². The minimum Gasteiger partial charge on any atom is -0.378 e. The highest BCUT2D eigenvalue weighted by Gasteiger charge is 2.21. The van der Waals surface area contributed by atoms with Gasteiger partial charge in [0.15, 0.2) is 5.96 Å². The maximum atomic E-state index is 11.7. The number of hydrogen-bond acceptors (Lipinski definition) is 4. The molecule has 1 aliphatic heterocycles. The quantitative estimate of drug-likeness (QED) is 0.398. The third kappa shape index (κ3) is 6.64. The molecule has 8 heteroatoms. The van der Waals surface area contributed by atoms with Crippen molar-refractivity contribution in [3.05, 3.63) is 0 Å². The van der Waals surface area contributed by atoms with E-state index in [-0.39, 0.29) is 5.75 Å². The van der Waals surface area contributed by atoms with Gasteiger partial charge in [0.25, 0.3) is 0 Å². The molecule has 1 N–H and O–H groups in total. The summed E-state index contributed by atoms with van der Waals surface area (Å²) in [6.07, 6.45) is 3.16. The van der Waals surface area contributed by atoms with Crippen molar-refractivity contribution in [3.63, 3.8) is 0 Å². The number of nitrogens with one attached hydrogen (secondary N) is 1. The van der Waals surface area contributed by atoms with E-state index < -0.39 is 10.0 Å². The fourth-order valence-corrected chi connectivity index (χ4v) is 3.51. The van der Waals surface area contributed by atoms with Crippen LogP contribution < -0.4 is 5.32 Å². The Bertz CT molecular complexity index is 459. The largest absolute Gasteiger partial charge is 0.378 e. The van der Waals surface area contributed by atoms with Crippen LogP contribution in [0.1, 0.15) is 33.1 Å². The van der Waals surface area contributed by atoms with E-state index in [0.717, 1.165) is 44.9 Å². The summed E-state index contributed by atoms with van der Waals surface area (Å²) < 4.78 is 30.4. The average Bonchev–Trinajstić information content (AvgIpc) is 2.56. The Morgan fingerprint density at radius 1 is 1.35 bits per heavy atom. The Morgan fingerprint density at radius 2 is 2.00 bits per heavy atom. The van der Waals surface area contributed by atoms with Gasteiger partial charge in [-0.15, -0.1) is 0 Å². The van der Waals surface area contributed by atoms with E-state index in [0.29, 0.717) is 19.2 Å². The summed E-state index contributed by atoms with van der Waals surface area (Å²) in [4.78, 5) is 6.56. The molecule has 0 aromatic rings. The van der Waals surface area contributed by atoms with Crippen molar-refractivity contribution in [1.82, 2.24) is 14.5 Å². The van der Waals surface area contributed by atoms with Gasteiger partial charge in [-0.1, -0.05) is 0 Å². The van der Waals surface area contributed by atoms with Gasteiger partial charge in [0.2, 0.25) is 10.0 Å². The second-order valence-electron chi connectivity index (χ2n) is 5.69. The molecule has 1 heterocycles. The highest BCUT2D eigenvalue weighted by Crippen LogP contribution is 2.13. The maximum Gasteiger partial charge on any atom is 0.213 e. The van der Waals surface area contributed by atoms with Gasteiger partial charge in [0, 0.05) is 46.9 Å². The standard InChI is InChI=1S/C15H32N4O3S/c1-5-22-14-8-12-19(13-9-14)15(16-3)17-10-7-11-18(4)23(20,21)6-2/h14H,5-13H2,1-4H3,(H,16,17). The molecule has 0 aromatic heterocycles. The van der Waals surface area contributed by atoms with Crippen LogP contribution in [-0.2, 0) is 14.8 Å². The van der Waals surface area contributed by atoms with Crippen LogP contribution in [0.2, 0.25) is 0 Å². The first-order chi connectivity index (χ1) is 10.9. The number of nitrogens with zero attached hydrogens (tertiary/aromatic N) is 3. The molecule has 0 radical (unpaired) electrons. The zero-order valence-electron chi connectivity index (χ0n) is 14.9. The Balaban J connectivity index is 2.30. The summed E-state index contributed by atoms with van der Waals surface area (Å²) >= 11 is 0. The summed E-state index contributed by atoms with van der Waals surface area (Å²) in [5.74, 6) is 1.04. The third-order valence-corrected chi connectivity index (χ3v) is 5.99. The van der Waals surface area contributed by atoms with Gasteiger partial charge in [0.05, 0.1) is 11.9 Å². The molecule has 0 bridgehead atoms. The molecule has 0 saturated carbocycles.